The van der Waals surface area contributed by atoms with Gasteiger partial charge in [0, 0.05) is 9.26 Å². The minimum atomic E-state index is -4.79. The molecule has 0 saturated heterocycles. The molecule has 138 valence electrons. The van der Waals surface area contributed by atoms with E-state index in [1.807, 2.05) is 22.6 Å². The maximum Gasteiger partial charge on any atom is 0.573 e. The fourth-order valence-electron chi connectivity index (χ4n) is 1.89. The molecule has 0 fully saturated rings. The maximum atomic E-state index is 12.1. The molecule has 2 rings (SSSR count). The van der Waals surface area contributed by atoms with Gasteiger partial charge < -0.3 is 14.8 Å². The number of halogens is 4. The Balaban J connectivity index is 1.94. The minimum absolute atomic E-state index is 0.238. The highest BCUT2D eigenvalue weighted by atomic mass is 127. The van der Waals surface area contributed by atoms with E-state index in [9.17, 15) is 22.8 Å². The Hall–Kier alpha value is -2.30. The van der Waals surface area contributed by atoms with Gasteiger partial charge in [-0.2, -0.15) is 0 Å². The largest absolute Gasteiger partial charge is 0.573 e. The molecule has 2 aromatic carbocycles. The first-order valence-corrected chi connectivity index (χ1v) is 8.36. The first kappa shape index (κ1) is 20.0. The summed E-state index contributed by atoms with van der Waals surface area (Å²) in [4.78, 5) is 24.2. The lowest BCUT2D eigenvalue weighted by atomic mass is 10.2. The van der Waals surface area contributed by atoms with Crippen molar-refractivity contribution in [1.82, 2.24) is 0 Å². The van der Waals surface area contributed by atoms with Gasteiger partial charge in [0.15, 0.2) is 6.10 Å². The number of benzene rings is 2. The van der Waals surface area contributed by atoms with Crippen molar-refractivity contribution in [2.75, 3.05) is 5.32 Å². The summed E-state index contributed by atoms with van der Waals surface area (Å²) in [5, 5.41) is 2.45. The predicted octanol–water partition coefficient (Wildman–Crippen LogP) is 4.37. The zero-order valence-corrected chi connectivity index (χ0v) is 15.5. The number of carbonyl (C=O) groups excluding carboxylic acids is 2. The molecule has 26 heavy (non-hydrogen) atoms. The summed E-state index contributed by atoms with van der Waals surface area (Å²) >= 11 is 1.98. The van der Waals surface area contributed by atoms with Gasteiger partial charge in [-0.25, -0.2) is 4.79 Å². The normalized spacial score (nSPS) is 12.2. The minimum Gasteiger partial charge on any atom is -0.449 e. The molecule has 0 bridgehead atoms. The third-order valence-corrected chi connectivity index (χ3v) is 4.04. The Bertz CT molecular complexity index is 793. The summed E-state index contributed by atoms with van der Waals surface area (Å²) in [6, 6.07) is 11.4. The summed E-state index contributed by atoms with van der Waals surface area (Å²) in [6.45, 7) is 1.39. The van der Waals surface area contributed by atoms with Crippen LogP contribution in [0.2, 0.25) is 0 Å². The van der Waals surface area contributed by atoms with Gasteiger partial charge >= 0.3 is 12.3 Å². The number of anilines is 1. The monoisotopic (exact) mass is 479 g/mol. The smallest absolute Gasteiger partial charge is 0.449 e. The van der Waals surface area contributed by atoms with Crippen molar-refractivity contribution in [2.24, 2.45) is 0 Å². The SMILES string of the molecule is CC(OC(=O)c1ccccc1I)C(=O)Nc1ccc(OC(F)(F)F)cc1. The molecule has 9 heteroatoms. The second-order valence-corrected chi connectivity index (χ2v) is 6.25. The molecule has 1 unspecified atom stereocenters. The van der Waals surface area contributed by atoms with Crippen LogP contribution in [0.15, 0.2) is 48.5 Å². The highest BCUT2D eigenvalue weighted by Gasteiger charge is 2.31. The third-order valence-electron chi connectivity index (χ3n) is 3.10. The van der Waals surface area contributed by atoms with E-state index in [2.05, 4.69) is 10.1 Å². The van der Waals surface area contributed by atoms with Crippen LogP contribution in [0.5, 0.6) is 5.75 Å². The van der Waals surface area contributed by atoms with Crippen LogP contribution in [0, 0.1) is 3.57 Å². The third kappa shape index (κ3) is 5.90. The van der Waals surface area contributed by atoms with Crippen LogP contribution >= 0.6 is 22.6 Å². The average molecular weight is 479 g/mol. The molecule has 1 amide bonds. The lowest BCUT2D eigenvalue weighted by Crippen LogP contribution is -2.30. The number of amides is 1. The molecule has 0 aliphatic heterocycles. The number of rotatable bonds is 5. The van der Waals surface area contributed by atoms with Crippen molar-refractivity contribution in [3.63, 3.8) is 0 Å². The van der Waals surface area contributed by atoms with Crippen LogP contribution in [0.4, 0.5) is 18.9 Å². The van der Waals surface area contributed by atoms with E-state index in [1.54, 1.807) is 24.3 Å². The van der Waals surface area contributed by atoms with Gasteiger partial charge in [-0.3, -0.25) is 4.79 Å². The topological polar surface area (TPSA) is 64.6 Å². The fourth-order valence-corrected chi connectivity index (χ4v) is 2.50. The van der Waals surface area contributed by atoms with Crippen molar-refractivity contribution in [1.29, 1.82) is 0 Å². The molecule has 0 radical (unpaired) electrons. The standard InChI is InChI=1S/C17H13F3INO4/c1-10(25-16(24)13-4-2-3-5-14(13)21)15(23)22-11-6-8-12(9-7-11)26-17(18,19)20/h2-10H,1H3,(H,22,23). The van der Waals surface area contributed by atoms with Crippen LogP contribution in [-0.2, 0) is 9.53 Å². The van der Waals surface area contributed by atoms with Crippen molar-refractivity contribution in [3.8, 4) is 5.75 Å². The predicted molar refractivity (Wildman–Crippen MR) is 95.8 cm³/mol. The van der Waals surface area contributed by atoms with Crippen molar-refractivity contribution in [3.05, 3.63) is 57.7 Å². The summed E-state index contributed by atoms with van der Waals surface area (Å²) in [5.74, 6) is -1.67. The van der Waals surface area contributed by atoms with Crippen LogP contribution < -0.4 is 10.1 Å². The molecule has 2 aromatic rings. The molecule has 0 saturated carbocycles. The number of ether oxygens (including phenoxy) is 2. The van der Waals surface area contributed by atoms with Crippen molar-refractivity contribution >= 4 is 40.2 Å². The summed E-state index contributed by atoms with van der Waals surface area (Å²) in [6.07, 6.45) is -5.88. The molecule has 1 N–H and O–H groups in total. The van der Waals surface area contributed by atoms with E-state index in [1.165, 1.54) is 19.1 Å². The van der Waals surface area contributed by atoms with Gasteiger partial charge in [0.25, 0.3) is 5.91 Å². The zero-order valence-electron chi connectivity index (χ0n) is 13.3. The van der Waals surface area contributed by atoms with Crippen molar-refractivity contribution < 1.29 is 32.2 Å². The Morgan fingerprint density at radius 1 is 1.08 bits per heavy atom. The molecule has 0 aromatic heterocycles. The van der Waals surface area contributed by atoms with Crippen LogP contribution in [0.25, 0.3) is 0 Å². The van der Waals surface area contributed by atoms with E-state index in [-0.39, 0.29) is 5.69 Å². The molecule has 0 heterocycles. The van der Waals surface area contributed by atoms with Gasteiger partial charge in [0.1, 0.15) is 5.75 Å². The van der Waals surface area contributed by atoms with E-state index < -0.39 is 30.1 Å². The summed E-state index contributed by atoms with van der Waals surface area (Å²) in [5.41, 5.74) is 0.572. The molecular formula is C17H13F3INO4. The summed E-state index contributed by atoms with van der Waals surface area (Å²) < 4.78 is 45.9. The highest BCUT2D eigenvalue weighted by molar-refractivity contribution is 14.1. The second-order valence-electron chi connectivity index (χ2n) is 5.09. The number of nitrogens with one attached hydrogen (secondary N) is 1. The maximum absolute atomic E-state index is 12.1. The molecule has 1 atom stereocenters. The van der Waals surface area contributed by atoms with E-state index in [0.29, 0.717) is 9.13 Å². The number of esters is 1. The van der Waals surface area contributed by atoms with Crippen molar-refractivity contribution in [2.45, 2.75) is 19.4 Å². The Kier molecular flexibility index (Phi) is 6.46. The molecule has 5 nitrogen and oxygen atoms in total. The Morgan fingerprint density at radius 3 is 2.27 bits per heavy atom. The van der Waals surface area contributed by atoms with Gasteiger partial charge in [0.2, 0.25) is 0 Å². The van der Waals surface area contributed by atoms with Crippen LogP contribution in [0.1, 0.15) is 17.3 Å². The average Bonchev–Trinajstić information content (AvgIpc) is 2.55. The number of hydrogen-bond donors (Lipinski definition) is 1. The molecular weight excluding hydrogens is 466 g/mol. The number of alkyl halides is 3. The quantitative estimate of drug-likeness (QED) is 0.511. The molecule has 0 aliphatic rings. The first-order valence-electron chi connectivity index (χ1n) is 7.28. The fraction of sp³-hybridized carbons (Fsp3) is 0.176. The van der Waals surface area contributed by atoms with E-state index in [4.69, 9.17) is 4.74 Å². The lowest BCUT2D eigenvalue weighted by molar-refractivity contribution is -0.274. The first-order chi connectivity index (χ1) is 12.2. The summed E-state index contributed by atoms with van der Waals surface area (Å²) in [7, 11) is 0. The van der Waals surface area contributed by atoms with Gasteiger partial charge in [0.05, 0.1) is 5.56 Å². The Morgan fingerprint density at radius 2 is 1.69 bits per heavy atom. The zero-order chi connectivity index (χ0) is 19.3. The number of hydrogen-bond acceptors (Lipinski definition) is 4. The van der Waals surface area contributed by atoms with Gasteiger partial charge in [-0.1, -0.05) is 12.1 Å². The highest BCUT2D eigenvalue weighted by Crippen LogP contribution is 2.24. The molecule has 0 spiro atoms. The Labute approximate surface area is 160 Å². The second kappa shape index (κ2) is 8.39. The van der Waals surface area contributed by atoms with Crippen LogP contribution in [-0.4, -0.2) is 24.3 Å². The van der Waals surface area contributed by atoms with Gasteiger partial charge in [-0.15, -0.1) is 13.2 Å². The van der Waals surface area contributed by atoms with Crippen LogP contribution in [0.3, 0.4) is 0 Å². The lowest BCUT2D eigenvalue weighted by Gasteiger charge is -2.14. The van der Waals surface area contributed by atoms with E-state index >= 15 is 0 Å². The van der Waals surface area contributed by atoms with E-state index in [0.717, 1.165) is 12.1 Å². The van der Waals surface area contributed by atoms with Gasteiger partial charge in [-0.05, 0) is 65.9 Å². The number of carbonyl (C=O) groups is 2. The molecule has 0 aliphatic carbocycles.